The van der Waals surface area contributed by atoms with Crippen LogP contribution in [-0.2, 0) is 23.9 Å². The molecule has 1 fully saturated rings. The summed E-state index contributed by atoms with van der Waals surface area (Å²) in [5.74, 6) is -3.14. The van der Waals surface area contributed by atoms with Gasteiger partial charge in [-0.15, -0.1) is 0 Å². The van der Waals surface area contributed by atoms with Crippen molar-refractivity contribution in [1.82, 2.24) is 10.2 Å². The van der Waals surface area contributed by atoms with E-state index in [9.17, 15) is 24.0 Å². The lowest BCUT2D eigenvalue weighted by Crippen LogP contribution is -2.54. The van der Waals surface area contributed by atoms with Crippen LogP contribution in [0.1, 0.15) is 40.0 Å². The van der Waals surface area contributed by atoms with Gasteiger partial charge < -0.3 is 19.9 Å². The summed E-state index contributed by atoms with van der Waals surface area (Å²) in [7, 11) is 0. The van der Waals surface area contributed by atoms with Crippen molar-refractivity contribution >= 4 is 35.3 Å². The number of carboxylic acids is 1. The van der Waals surface area contributed by atoms with Gasteiger partial charge in [0.15, 0.2) is 0 Å². The third kappa shape index (κ3) is 5.25. The molecule has 2 aliphatic rings. The lowest BCUT2D eigenvalue weighted by atomic mass is 10.0. The molecule has 2 aliphatic heterocycles. The smallest absolute Gasteiger partial charge is 0.305 e. The molecule has 2 heterocycles. The van der Waals surface area contributed by atoms with E-state index in [1.165, 1.54) is 6.07 Å². The van der Waals surface area contributed by atoms with Crippen molar-refractivity contribution in [3.63, 3.8) is 0 Å². The van der Waals surface area contributed by atoms with Gasteiger partial charge in [-0.2, -0.15) is 0 Å². The maximum atomic E-state index is 12.9. The van der Waals surface area contributed by atoms with E-state index < -0.39 is 35.6 Å². The van der Waals surface area contributed by atoms with Crippen LogP contribution in [-0.4, -0.2) is 78.6 Å². The number of hydrogen-bond donors (Lipinski definition) is 3. The molecule has 0 radical (unpaired) electrons. The van der Waals surface area contributed by atoms with E-state index in [-0.39, 0.29) is 50.2 Å². The molecule has 0 aromatic heterocycles. The largest absolute Gasteiger partial charge is 0.481 e. The summed E-state index contributed by atoms with van der Waals surface area (Å²) in [6, 6.07) is 3.81. The molecule has 166 valence electrons. The number of fused-ring (bicyclic) bond motifs is 1. The van der Waals surface area contributed by atoms with Gasteiger partial charge >= 0.3 is 5.97 Å². The number of carbonyl (C=O) groups is 5. The Morgan fingerprint density at radius 2 is 1.84 bits per heavy atom. The fraction of sp³-hybridized carbons (Fsp3) is 0.450. The maximum Gasteiger partial charge on any atom is 0.305 e. The molecule has 11 nitrogen and oxygen atoms in total. The van der Waals surface area contributed by atoms with Crippen LogP contribution in [0.2, 0.25) is 0 Å². The zero-order chi connectivity index (χ0) is 22.4. The summed E-state index contributed by atoms with van der Waals surface area (Å²) < 4.78 is 10.5. The molecule has 0 saturated carbocycles. The third-order valence-electron chi connectivity index (χ3n) is 4.86. The SMILES string of the molecule is O=C(O)CCOCCOCCNc1cccc2c1C(=O)N(C1CCC(=O)NC1=O)C2=O. The highest BCUT2D eigenvalue weighted by molar-refractivity contribution is 6.25. The predicted molar refractivity (Wildman–Crippen MR) is 105 cm³/mol. The van der Waals surface area contributed by atoms with Gasteiger partial charge in [-0.1, -0.05) is 6.07 Å². The summed E-state index contributed by atoms with van der Waals surface area (Å²) >= 11 is 0. The standard InChI is InChI=1S/C20H23N3O8/c24-15-5-4-14(18(27)22-15)23-19(28)12-2-1-3-13(17(12)20(23)29)21-7-9-31-11-10-30-8-6-16(25)26/h1-3,14,21H,4-11H2,(H,25,26)(H,22,24,27). The number of carboxylic acid groups (broad SMARTS) is 1. The summed E-state index contributed by atoms with van der Waals surface area (Å²) in [5.41, 5.74) is 0.841. The van der Waals surface area contributed by atoms with Gasteiger partial charge in [0.25, 0.3) is 11.8 Å². The summed E-state index contributed by atoms with van der Waals surface area (Å²) in [6.45, 7) is 1.32. The molecule has 1 aromatic rings. The normalized spacial score (nSPS) is 18.2. The number of piperidine rings is 1. The first-order valence-electron chi connectivity index (χ1n) is 9.86. The van der Waals surface area contributed by atoms with E-state index in [0.29, 0.717) is 18.8 Å². The van der Waals surface area contributed by atoms with Crippen LogP contribution in [0, 0.1) is 0 Å². The fourth-order valence-electron chi connectivity index (χ4n) is 3.40. The number of carbonyl (C=O) groups excluding carboxylic acids is 4. The molecule has 11 heteroatoms. The van der Waals surface area contributed by atoms with E-state index in [1.807, 2.05) is 0 Å². The Balaban J connectivity index is 1.53. The van der Waals surface area contributed by atoms with E-state index >= 15 is 0 Å². The van der Waals surface area contributed by atoms with Gasteiger partial charge in [0.1, 0.15) is 6.04 Å². The summed E-state index contributed by atoms with van der Waals surface area (Å²) in [4.78, 5) is 60.5. The number of nitrogens with zero attached hydrogens (tertiary/aromatic N) is 1. The average molecular weight is 433 g/mol. The first-order valence-corrected chi connectivity index (χ1v) is 9.86. The van der Waals surface area contributed by atoms with Crippen molar-refractivity contribution in [3.8, 4) is 0 Å². The van der Waals surface area contributed by atoms with Crippen molar-refractivity contribution in [3.05, 3.63) is 29.3 Å². The quantitative estimate of drug-likeness (QED) is 0.324. The molecule has 3 rings (SSSR count). The highest BCUT2D eigenvalue weighted by Crippen LogP contribution is 2.32. The highest BCUT2D eigenvalue weighted by Gasteiger charge is 2.45. The van der Waals surface area contributed by atoms with E-state index in [1.54, 1.807) is 12.1 Å². The van der Waals surface area contributed by atoms with Crippen LogP contribution < -0.4 is 10.6 Å². The Bertz CT molecular complexity index is 900. The van der Waals surface area contributed by atoms with Gasteiger partial charge in [0, 0.05) is 18.7 Å². The molecule has 31 heavy (non-hydrogen) atoms. The number of amides is 4. The second-order valence-electron chi connectivity index (χ2n) is 6.97. The number of nitrogens with one attached hydrogen (secondary N) is 2. The lowest BCUT2D eigenvalue weighted by molar-refractivity contribution is -0.138. The Labute approximate surface area is 177 Å². The van der Waals surface area contributed by atoms with Gasteiger partial charge in [0.05, 0.1) is 44.0 Å². The molecule has 0 bridgehead atoms. The molecule has 1 aromatic carbocycles. The molecule has 0 aliphatic carbocycles. The van der Waals surface area contributed by atoms with Crippen LogP contribution in [0.25, 0.3) is 0 Å². The molecule has 1 unspecified atom stereocenters. The molecular formula is C20H23N3O8. The summed E-state index contributed by atoms with van der Waals surface area (Å²) in [6.07, 6.45) is 0.0941. The molecule has 3 N–H and O–H groups in total. The first kappa shape index (κ1) is 22.4. The van der Waals surface area contributed by atoms with Crippen LogP contribution >= 0.6 is 0 Å². The van der Waals surface area contributed by atoms with Crippen LogP contribution in [0.4, 0.5) is 5.69 Å². The zero-order valence-corrected chi connectivity index (χ0v) is 16.7. The van der Waals surface area contributed by atoms with Crippen molar-refractivity contribution in [2.24, 2.45) is 0 Å². The topological polar surface area (TPSA) is 151 Å². The van der Waals surface area contributed by atoms with Crippen LogP contribution in [0.15, 0.2) is 18.2 Å². The number of anilines is 1. The van der Waals surface area contributed by atoms with Crippen molar-refractivity contribution in [2.75, 3.05) is 38.3 Å². The number of aliphatic carboxylic acids is 1. The van der Waals surface area contributed by atoms with Crippen LogP contribution in [0.3, 0.4) is 0 Å². The minimum Gasteiger partial charge on any atom is -0.481 e. The second-order valence-corrected chi connectivity index (χ2v) is 6.97. The van der Waals surface area contributed by atoms with Crippen LogP contribution in [0.5, 0.6) is 0 Å². The fourth-order valence-corrected chi connectivity index (χ4v) is 3.40. The molecule has 1 atom stereocenters. The third-order valence-corrected chi connectivity index (χ3v) is 4.86. The van der Waals surface area contributed by atoms with Crippen molar-refractivity contribution < 1.29 is 38.6 Å². The highest BCUT2D eigenvalue weighted by atomic mass is 16.5. The average Bonchev–Trinajstić information content (AvgIpc) is 2.98. The minimum absolute atomic E-state index is 0.0618. The number of imide groups is 2. The Morgan fingerprint density at radius 3 is 2.55 bits per heavy atom. The molecule has 0 spiro atoms. The lowest BCUT2D eigenvalue weighted by Gasteiger charge is -2.27. The number of rotatable bonds is 11. The molecular weight excluding hydrogens is 410 g/mol. The predicted octanol–water partition coefficient (Wildman–Crippen LogP) is 0.00760. The molecule has 4 amide bonds. The maximum absolute atomic E-state index is 12.9. The number of hydrogen-bond acceptors (Lipinski definition) is 8. The van der Waals surface area contributed by atoms with E-state index in [4.69, 9.17) is 14.6 Å². The zero-order valence-electron chi connectivity index (χ0n) is 16.7. The second kappa shape index (κ2) is 10.1. The first-order chi connectivity index (χ1) is 14.9. The van der Waals surface area contributed by atoms with Gasteiger partial charge in [0.2, 0.25) is 11.8 Å². The minimum atomic E-state index is -1.01. The number of benzene rings is 1. The Morgan fingerprint density at radius 1 is 1.10 bits per heavy atom. The monoisotopic (exact) mass is 433 g/mol. The summed E-state index contributed by atoms with van der Waals surface area (Å²) in [5, 5.41) is 13.7. The van der Waals surface area contributed by atoms with E-state index in [2.05, 4.69) is 10.6 Å². The molecule has 1 saturated heterocycles. The van der Waals surface area contributed by atoms with Gasteiger partial charge in [-0.25, -0.2) is 0 Å². The van der Waals surface area contributed by atoms with Crippen molar-refractivity contribution in [1.29, 1.82) is 0 Å². The van der Waals surface area contributed by atoms with E-state index in [0.717, 1.165) is 4.90 Å². The Kier molecular flexibility index (Phi) is 7.32. The Hall–Kier alpha value is -3.31. The van der Waals surface area contributed by atoms with Gasteiger partial charge in [-0.3, -0.25) is 34.2 Å². The van der Waals surface area contributed by atoms with Gasteiger partial charge in [-0.05, 0) is 18.6 Å². The number of ether oxygens (including phenoxy) is 2. The van der Waals surface area contributed by atoms with Crippen molar-refractivity contribution in [2.45, 2.75) is 25.3 Å².